The monoisotopic (exact) mass is 441 g/mol. The lowest BCUT2D eigenvalue weighted by molar-refractivity contribution is 0.0935. The van der Waals surface area contributed by atoms with Crippen LogP contribution in [0.3, 0.4) is 0 Å². The van der Waals surface area contributed by atoms with Crippen LogP contribution in [-0.4, -0.2) is 55.2 Å². The quantitative estimate of drug-likeness (QED) is 0.513. The van der Waals surface area contributed by atoms with Crippen LogP contribution in [0.4, 0.5) is 0 Å². The minimum absolute atomic E-state index is 0.123. The molecule has 0 unspecified atom stereocenters. The molecule has 2 N–H and O–H groups in total. The summed E-state index contributed by atoms with van der Waals surface area (Å²) in [7, 11) is 1.60. The number of nitrogens with one attached hydrogen (secondary N) is 2. The average molecular weight is 442 g/mol. The number of carbonyl (C=O) groups excluding carboxylic acids is 1. The molecule has 31 heavy (non-hydrogen) atoms. The summed E-state index contributed by atoms with van der Waals surface area (Å²) in [5, 5.41) is 4.54. The minimum Gasteiger partial charge on any atom is -0.489 e. The third kappa shape index (κ3) is 5.39. The van der Waals surface area contributed by atoms with Gasteiger partial charge in [0.05, 0.1) is 11.6 Å². The van der Waals surface area contributed by atoms with Crippen molar-refractivity contribution in [2.45, 2.75) is 25.5 Å². The zero-order valence-electron chi connectivity index (χ0n) is 17.7. The normalized spacial score (nSPS) is 15.3. The van der Waals surface area contributed by atoms with Gasteiger partial charge in [0.2, 0.25) is 0 Å². The Hall–Kier alpha value is -2.54. The van der Waals surface area contributed by atoms with Crippen LogP contribution in [0.25, 0.3) is 10.9 Å². The standard InChI is InChI=1S/C24H28ClN3O3/c1-30-13-10-26-24(29)17-6-7-23(21(25)14-17)31-19-8-11-28(12-9-19)16-18-15-27-22-5-3-2-4-20(18)22/h2-7,14-15,19,27H,8-13,16H2,1H3,(H,26,29). The second-order valence-electron chi connectivity index (χ2n) is 7.85. The highest BCUT2D eigenvalue weighted by atomic mass is 35.5. The molecule has 164 valence electrons. The topological polar surface area (TPSA) is 66.6 Å². The Balaban J connectivity index is 1.29. The number of hydrogen-bond acceptors (Lipinski definition) is 4. The summed E-state index contributed by atoms with van der Waals surface area (Å²) in [4.78, 5) is 18.0. The number of halogens is 1. The lowest BCUT2D eigenvalue weighted by Gasteiger charge is -2.32. The molecule has 2 aromatic carbocycles. The number of para-hydroxylation sites is 1. The molecule has 1 aliphatic heterocycles. The molecule has 0 saturated carbocycles. The molecule has 0 atom stereocenters. The highest BCUT2D eigenvalue weighted by Crippen LogP contribution is 2.29. The number of hydrogen-bond donors (Lipinski definition) is 2. The van der Waals surface area contributed by atoms with Gasteiger partial charge in [0.25, 0.3) is 5.91 Å². The molecular weight excluding hydrogens is 414 g/mol. The third-order valence-electron chi connectivity index (χ3n) is 5.68. The number of rotatable bonds is 8. The van der Waals surface area contributed by atoms with Crippen LogP contribution in [0, 0.1) is 0 Å². The maximum atomic E-state index is 12.1. The van der Waals surface area contributed by atoms with Crippen molar-refractivity contribution in [1.29, 1.82) is 0 Å². The fraction of sp³-hybridized carbons (Fsp3) is 0.375. The van der Waals surface area contributed by atoms with Gasteiger partial charge in [-0.2, -0.15) is 0 Å². The summed E-state index contributed by atoms with van der Waals surface area (Å²) in [5.41, 5.74) is 3.03. The maximum Gasteiger partial charge on any atom is 0.251 e. The SMILES string of the molecule is COCCNC(=O)c1ccc(OC2CCN(Cc3c[nH]c4ccccc34)CC2)c(Cl)c1. The molecule has 0 radical (unpaired) electrons. The Bertz CT molecular complexity index is 1030. The van der Waals surface area contributed by atoms with Crippen LogP contribution in [0.1, 0.15) is 28.8 Å². The number of carbonyl (C=O) groups is 1. The summed E-state index contributed by atoms with van der Waals surface area (Å²) >= 11 is 6.39. The van der Waals surface area contributed by atoms with E-state index in [2.05, 4.69) is 45.7 Å². The molecule has 4 rings (SSSR count). The van der Waals surface area contributed by atoms with Gasteiger partial charge in [-0.1, -0.05) is 29.8 Å². The van der Waals surface area contributed by atoms with E-state index in [4.69, 9.17) is 21.1 Å². The molecule has 1 aromatic heterocycles. The molecule has 0 spiro atoms. The van der Waals surface area contributed by atoms with Gasteiger partial charge in [0, 0.05) is 56.0 Å². The highest BCUT2D eigenvalue weighted by molar-refractivity contribution is 6.32. The molecule has 2 heterocycles. The van der Waals surface area contributed by atoms with Gasteiger partial charge in [-0.3, -0.25) is 9.69 Å². The Morgan fingerprint density at radius 2 is 2.03 bits per heavy atom. The van der Waals surface area contributed by atoms with Crippen LogP contribution in [0.5, 0.6) is 5.75 Å². The van der Waals surface area contributed by atoms with Gasteiger partial charge in [-0.25, -0.2) is 0 Å². The third-order valence-corrected chi connectivity index (χ3v) is 5.98. The first-order chi connectivity index (χ1) is 15.1. The Morgan fingerprint density at radius 3 is 2.81 bits per heavy atom. The summed E-state index contributed by atoms with van der Waals surface area (Å²) in [6, 6.07) is 13.6. The van der Waals surface area contributed by atoms with Gasteiger partial charge >= 0.3 is 0 Å². The summed E-state index contributed by atoms with van der Waals surface area (Å²) in [5.74, 6) is 0.460. The fourth-order valence-corrected chi connectivity index (χ4v) is 4.20. The molecule has 0 bridgehead atoms. The van der Waals surface area contributed by atoms with Crippen LogP contribution < -0.4 is 10.1 Å². The number of amides is 1. The van der Waals surface area contributed by atoms with Crippen molar-refractivity contribution in [3.05, 3.63) is 64.8 Å². The fourth-order valence-electron chi connectivity index (χ4n) is 3.97. The zero-order valence-corrected chi connectivity index (χ0v) is 18.5. The van der Waals surface area contributed by atoms with Gasteiger partial charge < -0.3 is 19.8 Å². The molecule has 1 aliphatic rings. The first kappa shape index (κ1) is 21.7. The van der Waals surface area contributed by atoms with Crippen molar-refractivity contribution in [3.8, 4) is 5.75 Å². The number of methoxy groups -OCH3 is 1. The van der Waals surface area contributed by atoms with Crippen molar-refractivity contribution in [3.63, 3.8) is 0 Å². The van der Waals surface area contributed by atoms with Crippen molar-refractivity contribution in [2.75, 3.05) is 33.4 Å². The van der Waals surface area contributed by atoms with E-state index in [1.54, 1.807) is 25.3 Å². The molecule has 0 aliphatic carbocycles. The molecule has 1 saturated heterocycles. The van der Waals surface area contributed by atoms with E-state index in [0.29, 0.717) is 29.5 Å². The average Bonchev–Trinajstić information content (AvgIpc) is 3.19. The largest absolute Gasteiger partial charge is 0.489 e. The van der Waals surface area contributed by atoms with Crippen molar-refractivity contribution >= 4 is 28.4 Å². The number of aromatic nitrogens is 1. The van der Waals surface area contributed by atoms with E-state index in [0.717, 1.165) is 32.5 Å². The smallest absolute Gasteiger partial charge is 0.251 e. The van der Waals surface area contributed by atoms with Gasteiger partial charge in [0.1, 0.15) is 11.9 Å². The molecule has 1 fully saturated rings. The van der Waals surface area contributed by atoms with Crippen molar-refractivity contribution < 1.29 is 14.3 Å². The van der Waals surface area contributed by atoms with Crippen LogP contribution in [0.2, 0.25) is 5.02 Å². The number of piperidine rings is 1. The molecule has 1 amide bonds. The van der Waals surface area contributed by atoms with E-state index in [9.17, 15) is 4.79 Å². The lowest BCUT2D eigenvalue weighted by atomic mass is 10.1. The highest BCUT2D eigenvalue weighted by Gasteiger charge is 2.22. The zero-order chi connectivity index (χ0) is 21.6. The van der Waals surface area contributed by atoms with E-state index in [1.807, 2.05) is 0 Å². The predicted octanol–water partition coefficient (Wildman–Crippen LogP) is 4.24. The number of fused-ring (bicyclic) bond motifs is 1. The van der Waals surface area contributed by atoms with Crippen LogP contribution in [-0.2, 0) is 11.3 Å². The Kier molecular flexibility index (Phi) is 7.12. The number of likely N-dealkylation sites (tertiary alicyclic amines) is 1. The summed E-state index contributed by atoms with van der Waals surface area (Å²) in [6.45, 7) is 3.82. The van der Waals surface area contributed by atoms with E-state index in [1.165, 1.54) is 16.5 Å². The first-order valence-electron chi connectivity index (χ1n) is 10.6. The number of ether oxygens (including phenoxy) is 2. The van der Waals surface area contributed by atoms with Crippen LogP contribution in [0.15, 0.2) is 48.7 Å². The lowest BCUT2D eigenvalue weighted by Crippen LogP contribution is -2.37. The predicted molar refractivity (Wildman–Crippen MR) is 123 cm³/mol. The van der Waals surface area contributed by atoms with Gasteiger partial charge in [-0.15, -0.1) is 0 Å². The second kappa shape index (κ2) is 10.2. The van der Waals surface area contributed by atoms with E-state index in [-0.39, 0.29) is 12.0 Å². The number of nitrogens with zero attached hydrogens (tertiary/aromatic N) is 1. The molecule has 7 heteroatoms. The first-order valence-corrected chi connectivity index (χ1v) is 11.0. The Morgan fingerprint density at radius 1 is 1.23 bits per heavy atom. The molecule has 3 aromatic rings. The van der Waals surface area contributed by atoms with Gasteiger partial charge in [0.15, 0.2) is 0 Å². The van der Waals surface area contributed by atoms with Gasteiger partial charge in [-0.05, 0) is 42.7 Å². The van der Waals surface area contributed by atoms with E-state index < -0.39 is 0 Å². The number of aromatic amines is 1. The van der Waals surface area contributed by atoms with Crippen molar-refractivity contribution in [1.82, 2.24) is 15.2 Å². The van der Waals surface area contributed by atoms with Crippen molar-refractivity contribution in [2.24, 2.45) is 0 Å². The number of benzene rings is 2. The molecule has 6 nitrogen and oxygen atoms in total. The molecular formula is C24H28ClN3O3. The van der Waals surface area contributed by atoms with Crippen LogP contribution >= 0.6 is 11.6 Å². The maximum absolute atomic E-state index is 12.1. The Labute approximate surface area is 187 Å². The summed E-state index contributed by atoms with van der Waals surface area (Å²) < 4.78 is 11.1. The minimum atomic E-state index is -0.170. The second-order valence-corrected chi connectivity index (χ2v) is 8.25. The number of H-pyrrole nitrogens is 1. The van der Waals surface area contributed by atoms with E-state index >= 15 is 0 Å². The summed E-state index contributed by atoms with van der Waals surface area (Å²) in [6.07, 6.45) is 4.12.